The van der Waals surface area contributed by atoms with Crippen LogP contribution in [0.2, 0.25) is 0 Å². The van der Waals surface area contributed by atoms with Gasteiger partial charge in [-0.15, -0.1) is 0 Å². The summed E-state index contributed by atoms with van der Waals surface area (Å²) in [5, 5.41) is 0.720. The zero-order chi connectivity index (χ0) is 17.8. The van der Waals surface area contributed by atoms with Crippen molar-refractivity contribution in [2.45, 2.75) is 35.7 Å². The zero-order valence-electron chi connectivity index (χ0n) is 13.8. The normalized spacial score (nSPS) is 23.8. The van der Waals surface area contributed by atoms with Crippen molar-refractivity contribution in [2.24, 2.45) is 0 Å². The van der Waals surface area contributed by atoms with Gasteiger partial charge in [-0.3, -0.25) is 18.4 Å². The van der Waals surface area contributed by atoms with E-state index in [1.54, 1.807) is 41.1 Å². The van der Waals surface area contributed by atoms with Gasteiger partial charge in [0.2, 0.25) is 5.16 Å². The lowest BCUT2D eigenvalue weighted by molar-refractivity contribution is 0.103. The fraction of sp³-hybridized carbons (Fsp3) is 0.263. The number of ketones is 1. The molecule has 3 aromatic rings. The lowest BCUT2D eigenvalue weighted by Gasteiger charge is -2.19. The van der Waals surface area contributed by atoms with E-state index in [4.69, 9.17) is 0 Å². The van der Waals surface area contributed by atoms with E-state index >= 15 is 0 Å². The van der Waals surface area contributed by atoms with Gasteiger partial charge in [0.05, 0.1) is 27.7 Å². The lowest BCUT2D eigenvalue weighted by Crippen LogP contribution is -2.33. The van der Waals surface area contributed by atoms with Crippen LogP contribution in [0.1, 0.15) is 41.2 Å². The minimum absolute atomic E-state index is 0.110. The molecule has 1 aliphatic heterocycles. The Morgan fingerprint density at radius 2 is 2.00 bits per heavy atom. The third-order valence-corrected chi connectivity index (χ3v) is 6.89. The minimum Gasteiger partial charge on any atom is -0.288 e. The molecule has 3 heterocycles. The summed E-state index contributed by atoms with van der Waals surface area (Å²) < 4.78 is 14.4. The summed E-state index contributed by atoms with van der Waals surface area (Å²) in [5.74, 6) is -0.315. The number of fused-ring (bicyclic) bond motifs is 3. The fourth-order valence-electron chi connectivity index (χ4n) is 4.00. The molecule has 1 saturated carbocycles. The quantitative estimate of drug-likeness (QED) is 0.514. The first-order chi connectivity index (χ1) is 12.6. The molecule has 6 nitrogen and oxygen atoms in total. The van der Waals surface area contributed by atoms with E-state index in [1.165, 1.54) is 0 Å². The van der Waals surface area contributed by atoms with Gasteiger partial charge in [0, 0.05) is 17.1 Å². The molecule has 3 atom stereocenters. The van der Waals surface area contributed by atoms with E-state index in [0.29, 0.717) is 16.6 Å². The Bertz CT molecular complexity index is 1140. The summed E-state index contributed by atoms with van der Waals surface area (Å²) in [6, 6.07) is 10.1. The van der Waals surface area contributed by atoms with Crippen LogP contribution in [0.5, 0.6) is 0 Å². The van der Waals surface area contributed by atoms with Crippen LogP contribution in [-0.2, 0) is 10.8 Å². The van der Waals surface area contributed by atoms with Crippen molar-refractivity contribution in [3.63, 3.8) is 0 Å². The third-order valence-electron chi connectivity index (χ3n) is 5.24. The zero-order valence-corrected chi connectivity index (χ0v) is 14.6. The average molecular weight is 365 g/mol. The molecular formula is C19H15N3O3S. The summed E-state index contributed by atoms with van der Waals surface area (Å²) >= 11 is 0. The number of benzene rings is 1. The minimum atomic E-state index is -1.34. The van der Waals surface area contributed by atoms with Gasteiger partial charge in [-0.05, 0) is 18.9 Å². The maximum absolute atomic E-state index is 13.2. The van der Waals surface area contributed by atoms with Gasteiger partial charge in [0.15, 0.2) is 5.78 Å². The highest BCUT2D eigenvalue weighted by atomic mass is 32.2. The van der Waals surface area contributed by atoms with Gasteiger partial charge in [-0.25, -0.2) is 9.97 Å². The Hall–Kier alpha value is -2.67. The second kappa shape index (κ2) is 5.67. The Kier molecular flexibility index (Phi) is 3.40. The monoisotopic (exact) mass is 365 g/mol. The Morgan fingerprint density at radius 1 is 1.19 bits per heavy atom. The van der Waals surface area contributed by atoms with E-state index in [-0.39, 0.29) is 33.4 Å². The van der Waals surface area contributed by atoms with Crippen molar-refractivity contribution >= 4 is 27.6 Å². The number of aromatic nitrogens is 3. The van der Waals surface area contributed by atoms with Gasteiger partial charge >= 0.3 is 0 Å². The maximum Gasteiger partial charge on any atom is 0.263 e. The number of rotatable bonds is 2. The summed E-state index contributed by atoms with van der Waals surface area (Å²) in [7, 11) is -1.34. The molecule has 2 bridgehead atoms. The SMILES string of the molecule is O=C(c1ccccc1)c1cc2cnc3nc2n(c1=O)C1CCCC1S3=O. The molecule has 2 aromatic heterocycles. The number of hydrogen-bond acceptors (Lipinski definition) is 5. The molecule has 0 amide bonds. The smallest absolute Gasteiger partial charge is 0.263 e. The van der Waals surface area contributed by atoms with Crippen molar-refractivity contribution in [3.05, 3.63) is 64.1 Å². The molecule has 130 valence electrons. The van der Waals surface area contributed by atoms with E-state index in [1.807, 2.05) is 6.07 Å². The van der Waals surface area contributed by atoms with E-state index in [2.05, 4.69) is 9.97 Å². The highest BCUT2D eigenvalue weighted by Gasteiger charge is 2.39. The van der Waals surface area contributed by atoms with Gasteiger partial charge < -0.3 is 0 Å². The first-order valence-corrected chi connectivity index (χ1v) is 9.79. The summed E-state index contributed by atoms with van der Waals surface area (Å²) in [6.45, 7) is 0. The largest absolute Gasteiger partial charge is 0.288 e. The van der Waals surface area contributed by atoms with Crippen molar-refractivity contribution in [3.8, 4) is 0 Å². The summed E-state index contributed by atoms with van der Waals surface area (Å²) in [6.07, 6.45) is 3.99. The lowest BCUT2D eigenvalue weighted by atomic mass is 10.0. The second-order valence-electron chi connectivity index (χ2n) is 6.69. The van der Waals surface area contributed by atoms with Crippen LogP contribution in [0.25, 0.3) is 11.0 Å². The van der Waals surface area contributed by atoms with E-state index < -0.39 is 10.8 Å². The molecule has 1 aliphatic carbocycles. The molecule has 1 fully saturated rings. The molecule has 1 aromatic carbocycles. The molecule has 0 radical (unpaired) electrons. The number of nitrogens with zero attached hydrogens (tertiary/aromatic N) is 3. The van der Waals surface area contributed by atoms with E-state index in [0.717, 1.165) is 19.3 Å². The number of hydrogen-bond donors (Lipinski definition) is 0. The van der Waals surface area contributed by atoms with Crippen LogP contribution in [0.3, 0.4) is 0 Å². The second-order valence-corrected chi connectivity index (χ2v) is 8.26. The fourth-order valence-corrected chi connectivity index (χ4v) is 5.53. The Balaban J connectivity index is 1.80. The Morgan fingerprint density at radius 3 is 2.81 bits per heavy atom. The van der Waals surface area contributed by atoms with Crippen LogP contribution in [0.4, 0.5) is 0 Å². The highest BCUT2D eigenvalue weighted by Crippen LogP contribution is 2.38. The van der Waals surface area contributed by atoms with Crippen LogP contribution in [0.15, 0.2) is 52.5 Å². The van der Waals surface area contributed by atoms with Crippen LogP contribution in [-0.4, -0.2) is 29.8 Å². The number of carbonyl (C=O) groups is 1. The molecule has 26 heavy (non-hydrogen) atoms. The topological polar surface area (TPSA) is 81.9 Å². The average Bonchev–Trinajstić information content (AvgIpc) is 3.12. The van der Waals surface area contributed by atoms with Gasteiger partial charge in [-0.2, -0.15) is 0 Å². The highest BCUT2D eigenvalue weighted by molar-refractivity contribution is 7.85. The first-order valence-electron chi connectivity index (χ1n) is 8.58. The maximum atomic E-state index is 13.2. The first kappa shape index (κ1) is 15.6. The van der Waals surface area contributed by atoms with Crippen molar-refractivity contribution in [2.75, 3.05) is 0 Å². The standard InChI is InChI=1S/C19H15N3O3S/c23-16(11-5-2-1-3-6-11)13-9-12-10-20-19-21-17(12)22(18(13)24)14-7-4-8-15(14)26(19)25/h1-3,5-6,9-10,14-15H,4,7-8H2. The Labute approximate surface area is 151 Å². The van der Waals surface area contributed by atoms with Crippen molar-refractivity contribution < 1.29 is 9.00 Å². The predicted octanol–water partition coefficient (Wildman–Crippen LogP) is 2.24. The van der Waals surface area contributed by atoms with Gasteiger partial charge in [0.25, 0.3) is 5.56 Å². The van der Waals surface area contributed by atoms with Crippen LogP contribution in [0, 0.1) is 0 Å². The summed E-state index contributed by atoms with van der Waals surface area (Å²) in [4.78, 5) is 34.8. The number of carbonyl (C=O) groups excluding carboxylic acids is 1. The van der Waals surface area contributed by atoms with Crippen LogP contribution >= 0.6 is 0 Å². The van der Waals surface area contributed by atoms with Crippen molar-refractivity contribution in [1.82, 2.24) is 14.5 Å². The van der Waals surface area contributed by atoms with Gasteiger partial charge in [-0.1, -0.05) is 36.8 Å². The molecular weight excluding hydrogens is 350 g/mol. The summed E-state index contributed by atoms with van der Waals surface area (Å²) in [5.41, 5.74) is 0.701. The molecule has 0 spiro atoms. The molecule has 0 N–H and O–H groups in total. The molecule has 3 unspecified atom stereocenters. The van der Waals surface area contributed by atoms with Gasteiger partial charge in [0.1, 0.15) is 5.65 Å². The molecule has 7 heteroatoms. The van der Waals surface area contributed by atoms with E-state index in [9.17, 15) is 13.8 Å². The molecule has 5 rings (SSSR count). The van der Waals surface area contributed by atoms with Crippen molar-refractivity contribution in [1.29, 1.82) is 0 Å². The third kappa shape index (κ3) is 2.13. The predicted molar refractivity (Wildman–Crippen MR) is 96.8 cm³/mol. The number of pyridine rings is 1. The molecule has 0 saturated heterocycles. The molecule has 2 aliphatic rings. The van der Waals surface area contributed by atoms with Crippen LogP contribution < -0.4 is 5.56 Å².